The van der Waals surface area contributed by atoms with Crippen LogP contribution in [0.5, 0.6) is 0 Å². The summed E-state index contributed by atoms with van der Waals surface area (Å²) in [5.41, 5.74) is 0.435. The molecule has 4 rings (SSSR count). The number of nitrogens with zero attached hydrogens (tertiary/aromatic N) is 4. The fourth-order valence-corrected chi connectivity index (χ4v) is 4.14. The van der Waals surface area contributed by atoms with Gasteiger partial charge in [0.25, 0.3) is 0 Å². The molecule has 0 bridgehead atoms. The van der Waals surface area contributed by atoms with E-state index in [0.717, 1.165) is 17.7 Å². The van der Waals surface area contributed by atoms with Gasteiger partial charge in [0, 0.05) is 24.4 Å². The Bertz CT molecular complexity index is 1210. The van der Waals surface area contributed by atoms with Crippen molar-refractivity contribution in [1.29, 1.82) is 0 Å². The standard InChI is InChI=1S/C25H28F3N5O4/c1-24(2,3)37-23(35)32-13-20(33-22(34)9-17(10-30-33)18-11-29-31(4)12-18)21(14-32)36-15-16-5-7-19(8-6-16)25(26,27)28/h5-12,20-21H,13-15H2,1-4H3/p+1/t20?,21-/m1/s1. The molecular formula is C25H29F3N5O4+. The number of quaternary nitrogens is 1. The molecule has 0 saturated carbocycles. The third-order valence-electron chi connectivity index (χ3n) is 5.93. The number of carbonyl (C=O) groups excluding carboxylic acids is 2. The largest absolute Gasteiger partial charge is 0.444 e. The van der Waals surface area contributed by atoms with E-state index in [4.69, 9.17) is 9.47 Å². The number of likely N-dealkylation sites (tertiary alicyclic amines) is 1. The van der Waals surface area contributed by atoms with E-state index in [1.54, 1.807) is 51.1 Å². The molecule has 2 unspecified atom stereocenters. The number of rotatable bonds is 5. The summed E-state index contributed by atoms with van der Waals surface area (Å²) in [5.74, 6) is -0.305. The van der Waals surface area contributed by atoms with Gasteiger partial charge in [0.2, 0.25) is 0 Å². The predicted octanol–water partition coefficient (Wildman–Crippen LogP) is 2.44. The number of carbonyl (C=O) groups is 2. The van der Waals surface area contributed by atoms with E-state index in [2.05, 4.69) is 10.2 Å². The van der Waals surface area contributed by atoms with Crippen molar-refractivity contribution in [3.63, 3.8) is 0 Å². The van der Waals surface area contributed by atoms with E-state index in [9.17, 15) is 22.8 Å². The zero-order valence-corrected chi connectivity index (χ0v) is 21.0. The minimum Gasteiger partial charge on any atom is -0.444 e. The van der Waals surface area contributed by atoms with Crippen LogP contribution in [0.25, 0.3) is 5.57 Å². The first-order valence-corrected chi connectivity index (χ1v) is 11.7. The van der Waals surface area contributed by atoms with Crippen molar-refractivity contribution in [1.82, 2.24) is 14.7 Å². The maximum Gasteiger partial charge on any atom is 0.416 e. The Balaban J connectivity index is 1.50. The van der Waals surface area contributed by atoms with Crippen molar-refractivity contribution >= 4 is 23.8 Å². The highest BCUT2D eigenvalue weighted by Crippen LogP contribution is 2.29. The highest BCUT2D eigenvalue weighted by Gasteiger charge is 2.47. The fourth-order valence-electron chi connectivity index (χ4n) is 4.14. The summed E-state index contributed by atoms with van der Waals surface area (Å²) in [6.45, 7) is 5.57. The normalized spacial score (nSPS) is 22.4. The Morgan fingerprint density at radius 1 is 1.16 bits per heavy atom. The monoisotopic (exact) mass is 520 g/mol. The van der Waals surface area contributed by atoms with Crippen molar-refractivity contribution in [3.8, 4) is 0 Å². The first kappa shape index (κ1) is 26.6. The molecule has 3 heterocycles. The molecule has 37 heavy (non-hydrogen) atoms. The quantitative estimate of drug-likeness (QED) is 0.654. The Morgan fingerprint density at radius 2 is 1.86 bits per heavy atom. The van der Waals surface area contributed by atoms with Gasteiger partial charge < -0.3 is 9.47 Å². The molecule has 1 aromatic carbocycles. The number of nitrogens with one attached hydrogen (secondary N) is 1. The third kappa shape index (κ3) is 6.44. The zero-order valence-electron chi connectivity index (χ0n) is 21.0. The van der Waals surface area contributed by atoms with Crippen LogP contribution < -0.4 is 5.01 Å². The number of halogens is 3. The number of alkyl halides is 3. The lowest BCUT2D eigenvalue weighted by Crippen LogP contribution is -3.16. The average Bonchev–Trinajstić information content (AvgIpc) is 3.43. The maximum atomic E-state index is 13.1. The van der Waals surface area contributed by atoms with Crippen LogP contribution in [0.1, 0.15) is 37.5 Å². The van der Waals surface area contributed by atoms with Gasteiger partial charge >= 0.3 is 18.2 Å². The lowest BCUT2D eigenvalue weighted by atomic mass is 10.1. The molecule has 0 aliphatic carbocycles. The topological polar surface area (TPSA) is 90.5 Å². The summed E-state index contributed by atoms with van der Waals surface area (Å²) < 4.78 is 51.8. The van der Waals surface area contributed by atoms with Gasteiger partial charge in [-0.3, -0.25) is 9.58 Å². The second-order valence-corrected chi connectivity index (χ2v) is 10.0. The van der Waals surface area contributed by atoms with Crippen LogP contribution in [0.15, 0.2) is 47.8 Å². The number of amides is 2. The second kappa shape index (κ2) is 10.1. The smallest absolute Gasteiger partial charge is 0.416 e. The molecule has 12 heteroatoms. The van der Waals surface area contributed by atoms with Gasteiger partial charge in [-0.05, 0) is 38.5 Å². The summed E-state index contributed by atoms with van der Waals surface area (Å²) in [7, 11) is 1.77. The molecule has 3 atom stereocenters. The molecule has 9 nitrogen and oxygen atoms in total. The Labute approximate surface area is 212 Å². The van der Waals surface area contributed by atoms with E-state index < -0.39 is 35.6 Å². The molecule has 0 spiro atoms. The summed E-state index contributed by atoms with van der Waals surface area (Å²) in [6, 6.07) is 4.13. The van der Waals surface area contributed by atoms with Gasteiger partial charge in [0.05, 0.1) is 43.7 Å². The fraction of sp³-hybridized carbons (Fsp3) is 0.440. The SMILES string of the molecule is Cn1cc(C2=CC(=O)[NH+](C3CN(C(=O)OC(C)(C)C)C[C@H]3OCc3ccc(C(F)(F)F)cc3)N=C2)cn1. The van der Waals surface area contributed by atoms with Crippen molar-refractivity contribution in [2.24, 2.45) is 12.1 Å². The second-order valence-electron chi connectivity index (χ2n) is 10.0. The van der Waals surface area contributed by atoms with Gasteiger partial charge in [-0.2, -0.15) is 18.3 Å². The van der Waals surface area contributed by atoms with Gasteiger partial charge in [0.15, 0.2) is 6.04 Å². The lowest BCUT2D eigenvalue weighted by molar-refractivity contribution is -0.854. The average molecular weight is 521 g/mol. The molecule has 198 valence electrons. The number of aryl methyl sites for hydroxylation is 1. The van der Waals surface area contributed by atoms with Gasteiger partial charge in [-0.15, -0.1) is 5.01 Å². The Hall–Kier alpha value is -3.51. The van der Waals surface area contributed by atoms with Crippen molar-refractivity contribution in [2.75, 3.05) is 13.1 Å². The van der Waals surface area contributed by atoms with Crippen molar-refractivity contribution < 1.29 is 37.2 Å². The van der Waals surface area contributed by atoms with Crippen LogP contribution in [0.2, 0.25) is 0 Å². The first-order chi connectivity index (χ1) is 17.3. The minimum absolute atomic E-state index is 0.00339. The van der Waals surface area contributed by atoms with Crippen molar-refractivity contribution in [2.45, 2.75) is 51.3 Å². The van der Waals surface area contributed by atoms with E-state index in [0.29, 0.717) is 11.1 Å². The summed E-state index contributed by atoms with van der Waals surface area (Å²) >= 11 is 0. The van der Waals surface area contributed by atoms with Crippen LogP contribution in [-0.4, -0.2) is 63.7 Å². The number of benzene rings is 1. The van der Waals surface area contributed by atoms with E-state index in [-0.39, 0.29) is 30.6 Å². The Morgan fingerprint density at radius 3 is 2.43 bits per heavy atom. The summed E-state index contributed by atoms with van der Waals surface area (Å²) in [6.07, 6.45) is 0.871. The molecule has 2 amide bonds. The van der Waals surface area contributed by atoms with E-state index in [1.165, 1.54) is 23.1 Å². The van der Waals surface area contributed by atoms with Crippen LogP contribution >= 0.6 is 0 Å². The van der Waals surface area contributed by atoms with Crippen molar-refractivity contribution in [3.05, 3.63) is 59.4 Å². The molecule has 2 aromatic rings. The lowest BCUT2D eigenvalue weighted by Gasteiger charge is -2.24. The molecule has 0 radical (unpaired) electrons. The number of ether oxygens (including phenoxy) is 2. The number of hydrogen-bond acceptors (Lipinski definition) is 6. The highest BCUT2D eigenvalue weighted by atomic mass is 19.4. The number of hydrogen-bond donors (Lipinski definition) is 1. The van der Waals surface area contributed by atoms with Gasteiger partial charge in [-0.25, -0.2) is 9.59 Å². The van der Waals surface area contributed by atoms with E-state index in [1.807, 2.05) is 0 Å². The summed E-state index contributed by atoms with van der Waals surface area (Å²) in [5, 5.41) is 8.78. The highest BCUT2D eigenvalue weighted by molar-refractivity contribution is 6.15. The molecule has 2 aliphatic heterocycles. The van der Waals surface area contributed by atoms with Crippen LogP contribution in [0.3, 0.4) is 0 Å². The minimum atomic E-state index is -4.43. The molecule has 1 fully saturated rings. The zero-order chi connectivity index (χ0) is 27.0. The number of aromatic nitrogens is 2. The van der Waals surface area contributed by atoms with Crippen LogP contribution in [0.4, 0.5) is 18.0 Å². The van der Waals surface area contributed by atoms with Gasteiger partial charge in [-0.1, -0.05) is 17.2 Å². The Kier molecular flexibility index (Phi) is 7.24. The number of allylic oxidation sites excluding steroid dienone is 1. The molecule has 1 saturated heterocycles. The first-order valence-electron chi connectivity index (χ1n) is 11.7. The van der Waals surface area contributed by atoms with Gasteiger partial charge in [0.1, 0.15) is 11.7 Å². The predicted molar refractivity (Wildman–Crippen MR) is 127 cm³/mol. The maximum absolute atomic E-state index is 13.1. The molecule has 1 aromatic heterocycles. The van der Waals surface area contributed by atoms with Crippen LogP contribution in [0, 0.1) is 0 Å². The molecule has 2 aliphatic rings. The summed E-state index contributed by atoms with van der Waals surface area (Å²) in [4.78, 5) is 27.3. The molecular weight excluding hydrogens is 491 g/mol. The van der Waals surface area contributed by atoms with Crippen LogP contribution in [-0.2, 0) is 34.1 Å². The van der Waals surface area contributed by atoms with E-state index >= 15 is 0 Å². The third-order valence-corrected chi connectivity index (χ3v) is 5.93. The molecule has 1 N–H and O–H groups in total.